The zero-order valence-corrected chi connectivity index (χ0v) is 9.41. The summed E-state index contributed by atoms with van der Waals surface area (Å²) in [5.74, 6) is 0.774. The van der Waals surface area contributed by atoms with Crippen LogP contribution in [0.1, 0.15) is 37.2 Å². The average molecular weight is 223 g/mol. The maximum absolute atomic E-state index is 10.8. The molecule has 0 bridgehead atoms. The smallest absolute Gasteiger partial charge is 0.123 e. The van der Waals surface area contributed by atoms with Gasteiger partial charge in [-0.25, -0.2) is 0 Å². The predicted octanol–water partition coefficient (Wildman–Crippen LogP) is 3.81. The molecule has 0 heterocycles. The highest BCUT2D eigenvalue weighted by molar-refractivity contribution is 6.30. The van der Waals surface area contributed by atoms with Crippen LogP contribution in [0.4, 0.5) is 0 Å². The van der Waals surface area contributed by atoms with Gasteiger partial charge in [-0.2, -0.15) is 0 Å². The third kappa shape index (κ3) is 2.60. The molecule has 0 radical (unpaired) electrons. The summed E-state index contributed by atoms with van der Waals surface area (Å²) in [5.41, 5.74) is 1.29. The van der Waals surface area contributed by atoms with Gasteiger partial charge in [0.1, 0.15) is 6.29 Å². The third-order valence-corrected chi connectivity index (χ3v) is 3.46. The first kappa shape index (κ1) is 10.7. The number of carbonyl (C=O) groups is 1. The van der Waals surface area contributed by atoms with Crippen LogP contribution in [0.2, 0.25) is 5.02 Å². The quantitative estimate of drug-likeness (QED) is 0.696. The normalized spacial score (nSPS) is 26.2. The molecule has 2 atom stereocenters. The highest BCUT2D eigenvalue weighted by Gasteiger charge is 2.22. The van der Waals surface area contributed by atoms with Gasteiger partial charge in [0, 0.05) is 10.9 Å². The molecular formula is C13H15ClO. The van der Waals surface area contributed by atoms with Crippen molar-refractivity contribution in [1.82, 2.24) is 0 Å². The van der Waals surface area contributed by atoms with Gasteiger partial charge < -0.3 is 4.79 Å². The molecule has 2 rings (SSSR count). The monoisotopic (exact) mass is 222 g/mol. The molecule has 2 unspecified atom stereocenters. The van der Waals surface area contributed by atoms with Crippen LogP contribution in [-0.2, 0) is 4.79 Å². The molecule has 1 aromatic rings. The number of rotatable bonds is 2. The second-order valence-electron chi connectivity index (χ2n) is 4.31. The van der Waals surface area contributed by atoms with Crippen molar-refractivity contribution in [3.63, 3.8) is 0 Å². The Morgan fingerprint density at radius 3 is 2.93 bits per heavy atom. The molecule has 80 valence electrons. The highest BCUT2D eigenvalue weighted by atomic mass is 35.5. The Kier molecular flexibility index (Phi) is 3.42. The van der Waals surface area contributed by atoms with Crippen molar-refractivity contribution in [2.24, 2.45) is 5.92 Å². The zero-order chi connectivity index (χ0) is 10.7. The molecule has 1 saturated carbocycles. The van der Waals surface area contributed by atoms with Gasteiger partial charge in [-0.1, -0.05) is 30.2 Å². The molecule has 0 aliphatic heterocycles. The van der Waals surface area contributed by atoms with Crippen molar-refractivity contribution >= 4 is 17.9 Å². The van der Waals surface area contributed by atoms with E-state index in [1.165, 1.54) is 12.0 Å². The first-order valence-electron chi connectivity index (χ1n) is 5.50. The SMILES string of the molecule is O=CC1CCCC(c2cccc(Cl)c2)C1. The lowest BCUT2D eigenvalue weighted by Gasteiger charge is -2.26. The number of hydrogen-bond acceptors (Lipinski definition) is 1. The van der Waals surface area contributed by atoms with Crippen LogP contribution in [0, 0.1) is 5.92 Å². The van der Waals surface area contributed by atoms with Gasteiger partial charge in [-0.15, -0.1) is 0 Å². The van der Waals surface area contributed by atoms with E-state index < -0.39 is 0 Å². The van der Waals surface area contributed by atoms with Crippen LogP contribution in [0.15, 0.2) is 24.3 Å². The van der Waals surface area contributed by atoms with Crippen LogP contribution >= 0.6 is 11.6 Å². The van der Waals surface area contributed by atoms with E-state index in [1.807, 2.05) is 18.2 Å². The van der Waals surface area contributed by atoms with Gasteiger partial charge in [0.25, 0.3) is 0 Å². The van der Waals surface area contributed by atoms with E-state index in [2.05, 4.69) is 6.07 Å². The molecule has 0 N–H and O–H groups in total. The summed E-state index contributed by atoms with van der Waals surface area (Å²) >= 11 is 5.96. The van der Waals surface area contributed by atoms with Gasteiger partial charge in [-0.3, -0.25) is 0 Å². The van der Waals surface area contributed by atoms with Gasteiger partial charge >= 0.3 is 0 Å². The van der Waals surface area contributed by atoms with E-state index in [-0.39, 0.29) is 5.92 Å². The van der Waals surface area contributed by atoms with Crippen molar-refractivity contribution in [2.45, 2.75) is 31.6 Å². The largest absolute Gasteiger partial charge is 0.303 e. The number of hydrogen-bond donors (Lipinski definition) is 0. The molecule has 0 spiro atoms. The molecular weight excluding hydrogens is 208 g/mol. The van der Waals surface area contributed by atoms with Crippen LogP contribution < -0.4 is 0 Å². The van der Waals surface area contributed by atoms with E-state index in [0.717, 1.165) is 30.6 Å². The summed E-state index contributed by atoms with van der Waals surface area (Å²) < 4.78 is 0. The van der Waals surface area contributed by atoms with Crippen molar-refractivity contribution in [1.29, 1.82) is 0 Å². The fourth-order valence-corrected chi connectivity index (χ4v) is 2.61. The lowest BCUT2D eigenvalue weighted by atomic mass is 9.79. The van der Waals surface area contributed by atoms with Crippen LogP contribution in [0.5, 0.6) is 0 Å². The topological polar surface area (TPSA) is 17.1 Å². The Morgan fingerprint density at radius 2 is 2.20 bits per heavy atom. The van der Waals surface area contributed by atoms with Crippen LogP contribution in [-0.4, -0.2) is 6.29 Å². The highest BCUT2D eigenvalue weighted by Crippen LogP contribution is 2.35. The van der Waals surface area contributed by atoms with Gasteiger partial charge in [0.15, 0.2) is 0 Å². The first-order valence-corrected chi connectivity index (χ1v) is 5.88. The summed E-state index contributed by atoms with van der Waals surface area (Å²) in [4.78, 5) is 10.8. The van der Waals surface area contributed by atoms with Crippen molar-refractivity contribution in [3.8, 4) is 0 Å². The van der Waals surface area contributed by atoms with E-state index in [4.69, 9.17) is 11.6 Å². The van der Waals surface area contributed by atoms with E-state index >= 15 is 0 Å². The standard InChI is InChI=1S/C13H15ClO/c14-13-6-2-5-12(8-13)11-4-1-3-10(7-11)9-15/h2,5-6,8-11H,1,3-4,7H2. The van der Waals surface area contributed by atoms with Gasteiger partial charge in [-0.05, 0) is 42.9 Å². The van der Waals surface area contributed by atoms with Crippen molar-refractivity contribution < 1.29 is 4.79 Å². The fraction of sp³-hybridized carbons (Fsp3) is 0.462. The molecule has 1 aromatic carbocycles. The average Bonchev–Trinajstić information content (AvgIpc) is 2.29. The second-order valence-corrected chi connectivity index (χ2v) is 4.75. The summed E-state index contributed by atoms with van der Waals surface area (Å²) in [5, 5.41) is 0.792. The van der Waals surface area contributed by atoms with E-state index in [0.29, 0.717) is 5.92 Å². The minimum Gasteiger partial charge on any atom is -0.303 e. The molecule has 0 saturated heterocycles. The fourth-order valence-electron chi connectivity index (χ4n) is 2.41. The molecule has 0 amide bonds. The lowest BCUT2D eigenvalue weighted by Crippen LogP contribution is -2.15. The molecule has 2 heteroatoms. The second kappa shape index (κ2) is 4.80. The number of carbonyl (C=O) groups excluding carboxylic acids is 1. The summed E-state index contributed by atoms with van der Waals surface area (Å²) in [6.45, 7) is 0. The lowest BCUT2D eigenvalue weighted by molar-refractivity contribution is -0.112. The summed E-state index contributed by atoms with van der Waals surface area (Å²) in [7, 11) is 0. The Bertz CT molecular complexity index is 348. The number of benzene rings is 1. The maximum Gasteiger partial charge on any atom is 0.123 e. The minimum absolute atomic E-state index is 0.253. The van der Waals surface area contributed by atoms with Crippen molar-refractivity contribution in [3.05, 3.63) is 34.9 Å². The Labute approximate surface area is 95.4 Å². The van der Waals surface area contributed by atoms with Crippen LogP contribution in [0.25, 0.3) is 0 Å². The van der Waals surface area contributed by atoms with Crippen LogP contribution in [0.3, 0.4) is 0 Å². The van der Waals surface area contributed by atoms with Crippen molar-refractivity contribution in [2.75, 3.05) is 0 Å². The minimum atomic E-state index is 0.253. The maximum atomic E-state index is 10.8. The molecule has 1 nitrogen and oxygen atoms in total. The molecule has 1 aliphatic carbocycles. The molecule has 1 fully saturated rings. The summed E-state index contributed by atoms with van der Waals surface area (Å²) in [6, 6.07) is 8.02. The van der Waals surface area contributed by atoms with E-state index in [9.17, 15) is 4.79 Å². The molecule has 0 aromatic heterocycles. The Balaban J connectivity index is 2.13. The predicted molar refractivity (Wildman–Crippen MR) is 62.2 cm³/mol. The van der Waals surface area contributed by atoms with Gasteiger partial charge in [0.2, 0.25) is 0 Å². The van der Waals surface area contributed by atoms with E-state index in [1.54, 1.807) is 0 Å². The zero-order valence-electron chi connectivity index (χ0n) is 8.66. The Morgan fingerprint density at radius 1 is 1.33 bits per heavy atom. The first-order chi connectivity index (χ1) is 7.29. The summed E-state index contributed by atoms with van der Waals surface area (Å²) in [6.07, 6.45) is 5.49. The molecule has 1 aliphatic rings. The third-order valence-electron chi connectivity index (χ3n) is 3.23. The molecule has 15 heavy (non-hydrogen) atoms. The Hall–Kier alpha value is -0.820. The number of halogens is 1. The van der Waals surface area contributed by atoms with Gasteiger partial charge in [0.05, 0.1) is 0 Å². The number of aldehydes is 1.